The van der Waals surface area contributed by atoms with Gasteiger partial charge in [0.15, 0.2) is 0 Å². The molecule has 10 nitrogen and oxygen atoms in total. The Morgan fingerprint density at radius 2 is 1.92 bits per heavy atom. The van der Waals surface area contributed by atoms with Crippen molar-refractivity contribution in [3.8, 4) is 0 Å². The van der Waals surface area contributed by atoms with E-state index in [9.17, 15) is 36.0 Å². The Bertz CT molecular complexity index is 1330. The Labute approximate surface area is 203 Å². The van der Waals surface area contributed by atoms with E-state index in [1.54, 1.807) is 19.9 Å². The Kier molecular flexibility index (Phi) is 6.19. The molecule has 192 valence electrons. The minimum Gasteiger partial charge on any atom is -0.447 e. The van der Waals surface area contributed by atoms with Gasteiger partial charge >= 0.3 is 17.6 Å². The van der Waals surface area contributed by atoms with E-state index in [1.807, 2.05) is 0 Å². The molecule has 2 aliphatic rings. The molecule has 14 heteroatoms. The minimum atomic E-state index is -5.57. The molecule has 1 aliphatic heterocycles. The summed E-state index contributed by atoms with van der Waals surface area (Å²) in [5, 5.41) is 5.24. The van der Waals surface area contributed by atoms with Crippen molar-refractivity contribution in [3.63, 3.8) is 0 Å². The van der Waals surface area contributed by atoms with Crippen LogP contribution in [0.1, 0.15) is 25.8 Å². The number of nitrogens with zero attached hydrogens (tertiary/aromatic N) is 2. The number of carbonyl (C=O) groups excluding carboxylic acids is 3. The maximum atomic E-state index is 13.2. The van der Waals surface area contributed by atoms with E-state index in [-0.39, 0.29) is 17.7 Å². The summed E-state index contributed by atoms with van der Waals surface area (Å²) < 4.78 is 66.5. The van der Waals surface area contributed by atoms with Gasteiger partial charge in [0, 0.05) is 6.20 Å². The van der Waals surface area contributed by atoms with E-state index in [2.05, 4.69) is 15.6 Å². The number of hydrogen-bond donors (Lipinski definition) is 2. The fraction of sp³-hybridized carbons (Fsp3) is 0.364. The molecule has 1 aromatic carbocycles. The Morgan fingerprint density at radius 3 is 2.53 bits per heavy atom. The SMILES string of the molecule is CC(C)OC(=O)Nc1cnccc1CC1CC12NC(=O)N(c1ccc(S(=O)(=O)C(F)(F)F)cc1)C2=O. The molecular weight excluding hydrogens is 505 g/mol. The molecule has 4 amide bonds. The van der Waals surface area contributed by atoms with Crippen molar-refractivity contribution < 1.29 is 40.7 Å². The molecule has 1 aromatic heterocycles. The normalized spacial score (nSPS) is 21.6. The third kappa shape index (κ3) is 4.47. The van der Waals surface area contributed by atoms with Crippen molar-refractivity contribution in [1.29, 1.82) is 0 Å². The van der Waals surface area contributed by atoms with Crippen LogP contribution in [0, 0.1) is 5.92 Å². The number of alkyl halides is 3. The monoisotopic (exact) mass is 526 g/mol. The van der Waals surface area contributed by atoms with Crippen molar-refractivity contribution in [2.75, 3.05) is 10.2 Å². The summed E-state index contributed by atoms with van der Waals surface area (Å²) in [7, 11) is -5.57. The lowest BCUT2D eigenvalue weighted by atomic mass is 10.0. The number of ether oxygens (including phenoxy) is 1. The molecule has 1 saturated heterocycles. The summed E-state index contributed by atoms with van der Waals surface area (Å²) in [6.07, 6.45) is 2.55. The van der Waals surface area contributed by atoms with Crippen molar-refractivity contribution >= 4 is 39.2 Å². The maximum Gasteiger partial charge on any atom is 0.501 e. The largest absolute Gasteiger partial charge is 0.501 e. The molecule has 1 spiro atoms. The zero-order valence-electron chi connectivity index (χ0n) is 19.0. The molecule has 4 rings (SSSR count). The van der Waals surface area contributed by atoms with Gasteiger partial charge in [0.2, 0.25) is 0 Å². The second kappa shape index (κ2) is 8.76. The van der Waals surface area contributed by atoms with Crippen LogP contribution in [0.15, 0.2) is 47.6 Å². The van der Waals surface area contributed by atoms with Crippen LogP contribution in [0.4, 0.5) is 34.1 Å². The highest BCUT2D eigenvalue weighted by Crippen LogP contribution is 2.50. The highest BCUT2D eigenvalue weighted by Gasteiger charge is 2.67. The van der Waals surface area contributed by atoms with Gasteiger partial charge in [-0.25, -0.2) is 22.9 Å². The Balaban J connectivity index is 1.50. The average Bonchev–Trinajstić information content (AvgIpc) is 3.39. The second-order valence-corrected chi connectivity index (χ2v) is 10.6. The van der Waals surface area contributed by atoms with Crippen LogP contribution in [0.5, 0.6) is 0 Å². The number of sulfone groups is 1. The van der Waals surface area contributed by atoms with Crippen LogP contribution >= 0.6 is 0 Å². The fourth-order valence-electron chi connectivity index (χ4n) is 4.06. The number of carbonyl (C=O) groups is 3. The minimum absolute atomic E-state index is 0.0659. The summed E-state index contributed by atoms with van der Waals surface area (Å²) in [5.74, 6) is -0.931. The first kappa shape index (κ1) is 25.4. The molecule has 2 aromatic rings. The molecule has 1 saturated carbocycles. The predicted molar refractivity (Wildman–Crippen MR) is 120 cm³/mol. The smallest absolute Gasteiger partial charge is 0.447 e. The summed E-state index contributed by atoms with van der Waals surface area (Å²) >= 11 is 0. The molecule has 1 aliphatic carbocycles. The predicted octanol–water partition coefficient (Wildman–Crippen LogP) is 3.39. The van der Waals surface area contributed by atoms with Crippen molar-refractivity contribution in [1.82, 2.24) is 10.3 Å². The van der Waals surface area contributed by atoms with Crippen LogP contribution in [0.3, 0.4) is 0 Å². The lowest BCUT2D eigenvalue weighted by Gasteiger charge is -2.15. The quantitative estimate of drug-likeness (QED) is 0.551. The first-order chi connectivity index (χ1) is 16.8. The number of anilines is 2. The summed E-state index contributed by atoms with van der Waals surface area (Å²) in [6.45, 7) is 3.39. The lowest BCUT2D eigenvalue weighted by molar-refractivity contribution is -0.119. The van der Waals surface area contributed by atoms with Gasteiger partial charge in [-0.3, -0.25) is 15.1 Å². The molecule has 36 heavy (non-hydrogen) atoms. The van der Waals surface area contributed by atoms with E-state index in [0.29, 0.717) is 36.2 Å². The summed E-state index contributed by atoms with van der Waals surface area (Å²) in [4.78, 5) is 41.5. The van der Waals surface area contributed by atoms with Gasteiger partial charge in [0.05, 0.1) is 28.6 Å². The maximum absolute atomic E-state index is 13.2. The third-order valence-corrected chi connectivity index (χ3v) is 7.39. The molecule has 0 bridgehead atoms. The standard InChI is InChI=1S/C22H21F3N4O6S/c1-12(2)35-20(32)27-17-11-26-8-7-13(17)9-14-10-21(14)18(30)29(19(31)28-21)15-3-5-16(6-4-15)36(33,34)22(23,24)25/h3-8,11-12,14H,9-10H2,1-2H3,(H,27,32)(H,28,31). The highest BCUT2D eigenvalue weighted by molar-refractivity contribution is 7.92. The number of aromatic nitrogens is 1. The van der Waals surface area contributed by atoms with E-state index >= 15 is 0 Å². The van der Waals surface area contributed by atoms with E-state index in [0.717, 1.165) is 17.0 Å². The summed E-state index contributed by atoms with van der Waals surface area (Å²) in [6, 6.07) is 4.21. The first-order valence-corrected chi connectivity index (χ1v) is 12.2. The first-order valence-electron chi connectivity index (χ1n) is 10.7. The number of nitrogens with one attached hydrogen (secondary N) is 2. The van der Waals surface area contributed by atoms with Gasteiger partial charge in [-0.05, 0) is 68.5 Å². The zero-order chi connectivity index (χ0) is 26.5. The van der Waals surface area contributed by atoms with Crippen LogP contribution in [-0.2, 0) is 25.8 Å². The number of imide groups is 1. The molecular formula is C22H21F3N4O6S. The lowest BCUT2D eigenvalue weighted by Crippen LogP contribution is -2.35. The molecule has 0 radical (unpaired) electrons. The van der Waals surface area contributed by atoms with Crippen LogP contribution in [-0.4, -0.2) is 48.6 Å². The van der Waals surface area contributed by atoms with Crippen molar-refractivity contribution in [2.24, 2.45) is 5.92 Å². The number of hydrogen-bond acceptors (Lipinski definition) is 7. The molecule has 2 N–H and O–H groups in total. The van der Waals surface area contributed by atoms with Gasteiger partial charge in [0.1, 0.15) is 5.54 Å². The average molecular weight is 526 g/mol. The molecule has 2 unspecified atom stereocenters. The molecule has 2 fully saturated rings. The van der Waals surface area contributed by atoms with Crippen molar-refractivity contribution in [2.45, 2.75) is 48.7 Å². The summed E-state index contributed by atoms with van der Waals surface area (Å²) in [5.41, 5.74) is -5.71. The van der Waals surface area contributed by atoms with Crippen molar-refractivity contribution in [3.05, 3.63) is 48.3 Å². The van der Waals surface area contributed by atoms with E-state index < -0.39 is 43.8 Å². The highest BCUT2D eigenvalue weighted by atomic mass is 32.2. The fourth-order valence-corrected chi connectivity index (χ4v) is 4.82. The number of urea groups is 1. The number of halogens is 3. The topological polar surface area (TPSA) is 135 Å². The second-order valence-electron chi connectivity index (χ2n) is 8.70. The number of benzene rings is 1. The van der Waals surface area contributed by atoms with Crippen LogP contribution < -0.4 is 15.5 Å². The van der Waals surface area contributed by atoms with Gasteiger partial charge in [-0.2, -0.15) is 13.2 Å². The zero-order valence-corrected chi connectivity index (χ0v) is 19.8. The molecule has 2 heterocycles. The van der Waals surface area contributed by atoms with Gasteiger partial charge < -0.3 is 10.1 Å². The number of amides is 4. The van der Waals surface area contributed by atoms with Gasteiger partial charge in [-0.15, -0.1) is 0 Å². The number of pyridine rings is 1. The number of rotatable bonds is 6. The third-order valence-electron chi connectivity index (χ3n) is 5.89. The van der Waals surface area contributed by atoms with Gasteiger partial charge in [-0.1, -0.05) is 0 Å². The Hall–Kier alpha value is -3.68. The van der Waals surface area contributed by atoms with Crippen LogP contribution in [0.2, 0.25) is 0 Å². The van der Waals surface area contributed by atoms with E-state index in [4.69, 9.17) is 4.74 Å². The van der Waals surface area contributed by atoms with Gasteiger partial charge in [0.25, 0.3) is 15.7 Å². The molecule has 2 atom stereocenters. The van der Waals surface area contributed by atoms with Crippen LogP contribution in [0.25, 0.3) is 0 Å². The van der Waals surface area contributed by atoms with E-state index in [1.165, 1.54) is 12.4 Å². The Morgan fingerprint density at radius 1 is 1.25 bits per heavy atom.